The third-order valence-electron chi connectivity index (χ3n) is 3.01. The van der Waals surface area contributed by atoms with E-state index in [4.69, 9.17) is 21.7 Å². The Kier molecular flexibility index (Phi) is 5.42. The number of methoxy groups -OCH3 is 1. The van der Waals surface area contributed by atoms with Crippen molar-refractivity contribution in [3.8, 4) is 5.75 Å². The van der Waals surface area contributed by atoms with Crippen LogP contribution in [0.3, 0.4) is 0 Å². The van der Waals surface area contributed by atoms with Crippen LogP contribution < -0.4 is 15.4 Å². The van der Waals surface area contributed by atoms with Crippen LogP contribution in [-0.4, -0.2) is 38.0 Å². The topological polar surface area (TPSA) is 42.5 Å². The van der Waals surface area contributed by atoms with Crippen LogP contribution in [0, 0.1) is 0 Å². The Morgan fingerprint density at radius 3 is 3.05 bits per heavy atom. The van der Waals surface area contributed by atoms with Crippen molar-refractivity contribution in [2.24, 2.45) is 0 Å². The van der Waals surface area contributed by atoms with Gasteiger partial charge in [0.05, 0.1) is 6.54 Å². The Balaban J connectivity index is 1.63. The maximum Gasteiger partial charge on any atom is 0.166 e. The molecule has 2 rings (SSSR count). The molecule has 0 aromatic heterocycles. The number of ether oxygens (including phenoxy) is 2. The fourth-order valence-electron chi connectivity index (χ4n) is 2.06. The minimum absolute atomic E-state index is 0.163. The van der Waals surface area contributed by atoms with Gasteiger partial charge in [-0.25, -0.2) is 0 Å². The quantitative estimate of drug-likeness (QED) is 0.610. The van der Waals surface area contributed by atoms with Gasteiger partial charge in [0.15, 0.2) is 5.11 Å². The highest BCUT2D eigenvalue weighted by Crippen LogP contribution is 2.27. The summed E-state index contributed by atoms with van der Waals surface area (Å²) in [5.41, 5.74) is 1.27. The monoisotopic (exact) mass is 280 g/mol. The van der Waals surface area contributed by atoms with Gasteiger partial charge in [-0.1, -0.05) is 18.2 Å². The molecule has 0 saturated heterocycles. The van der Waals surface area contributed by atoms with E-state index in [9.17, 15) is 0 Å². The van der Waals surface area contributed by atoms with Crippen molar-refractivity contribution in [3.05, 3.63) is 29.8 Å². The second-order valence-corrected chi connectivity index (χ2v) is 4.94. The summed E-state index contributed by atoms with van der Waals surface area (Å²) >= 11 is 5.21. The highest BCUT2D eigenvalue weighted by molar-refractivity contribution is 7.80. The summed E-state index contributed by atoms with van der Waals surface area (Å²) in [4.78, 5) is 0. The van der Waals surface area contributed by atoms with Crippen molar-refractivity contribution in [1.29, 1.82) is 0 Å². The molecule has 0 saturated carbocycles. The van der Waals surface area contributed by atoms with Crippen LogP contribution in [0.4, 0.5) is 0 Å². The van der Waals surface area contributed by atoms with Crippen molar-refractivity contribution >= 4 is 17.3 Å². The molecule has 0 spiro atoms. The Morgan fingerprint density at radius 2 is 2.26 bits per heavy atom. The van der Waals surface area contributed by atoms with E-state index in [-0.39, 0.29) is 6.10 Å². The molecule has 0 bridgehead atoms. The Hall–Kier alpha value is -1.33. The van der Waals surface area contributed by atoms with Crippen molar-refractivity contribution < 1.29 is 9.47 Å². The van der Waals surface area contributed by atoms with Crippen LogP contribution in [0.1, 0.15) is 12.0 Å². The highest BCUT2D eigenvalue weighted by atomic mass is 32.1. The first-order valence-electron chi connectivity index (χ1n) is 6.55. The molecule has 0 fully saturated rings. The van der Waals surface area contributed by atoms with Gasteiger partial charge >= 0.3 is 0 Å². The average molecular weight is 280 g/mol. The van der Waals surface area contributed by atoms with Gasteiger partial charge < -0.3 is 20.1 Å². The molecule has 1 heterocycles. The van der Waals surface area contributed by atoms with Gasteiger partial charge in [0.2, 0.25) is 0 Å². The third kappa shape index (κ3) is 4.36. The number of rotatable bonds is 6. The third-order valence-corrected chi connectivity index (χ3v) is 3.30. The molecule has 5 heteroatoms. The van der Waals surface area contributed by atoms with Crippen molar-refractivity contribution in [2.75, 3.05) is 26.8 Å². The summed E-state index contributed by atoms with van der Waals surface area (Å²) in [5, 5.41) is 7.01. The van der Waals surface area contributed by atoms with Crippen molar-refractivity contribution in [1.82, 2.24) is 10.6 Å². The van der Waals surface area contributed by atoms with Gasteiger partial charge in [0.25, 0.3) is 0 Å². The van der Waals surface area contributed by atoms with Gasteiger partial charge in [0, 0.05) is 26.7 Å². The largest absolute Gasteiger partial charge is 0.488 e. The molecule has 4 nitrogen and oxygen atoms in total. The fourth-order valence-corrected chi connectivity index (χ4v) is 2.24. The van der Waals surface area contributed by atoms with Crippen molar-refractivity contribution in [3.63, 3.8) is 0 Å². The summed E-state index contributed by atoms with van der Waals surface area (Å²) in [6.07, 6.45) is 2.05. The first-order chi connectivity index (χ1) is 9.29. The molecule has 1 atom stereocenters. The van der Waals surface area contributed by atoms with Crippen LogP contribution in [0.2, 0.25) is 0 Å². The lowest BCUT2D eigenvalue weighted by Gasteiger charge is -2.14. The molecule has 19 heavy (non-hydrogen) atoms. The summed E-state index contributed by atoms with van der Waals surface area (Å²) in [6.45, 7) is 2.30. The Morgan fingerprint density at radius 1 is 1.42 bits per heavy atom. The standard InChI is InChI=1S/C14H20N2O2S/c1-17-8-4-7-15-14(19)16-10-12-9-11-5-2-3-6-13(11)18-12/h2-3,5-6,12H,4,7-10H2,1H3,(H2,15,16,19). The second kappa shape index (κ2) is 7.31. The maximum absolute atomic E-state index is 5.83. The number of thiocarbonyl (C=S) groups is 1. The van der Waals surface area contributed by atoms with E-state index >= 15 is 0 Å². The number of para-hydroxylation sites is 1. The second-order valence-electron chi connectivity index (χ2n) is 4.53. The number of benzene rings is 1. The van der Waals surface area contributed by atoms with Gasteiger partial charge in [-0.15, -0.1) is 0 Å². The minimum Gasteiger partial charge on any atom is -0.488 e. The smallest absolute Gasteiger partial charge is 0.166 e. The van der Waals surface area contributed by atoms with Gasteiger partial charge in [-0.2, -0.15) is 0 Å². The minimum atomic E-state index is 0.163. The van der Waals surface area contributed by atoms with Gasteiger partial charge in [-0.3, -0.25) is 0 Å². The normalized spacial score (nSPS) is 16.6. The predicted octanol–water partition coefficient (Wildman–Crippen LogP) is 1.49. The van der Waals surface area contributed by atoms with Crippen LogP contribution in [0.25, 0.3) is 0 Å². The average Bonchev–Trinajstić information content (AvgIpc) is 2.84. The number of nitrogens with one attached hydrogen (secondary N) is 2. The molecule has 1 aromatic carbocycles. The number of hydrogen-bond acceptors (Lipinski definition) is 3. The summed E-state index contributed by atoms with van der Waals surface area (Å²) in [5.74, 6) is 0.994. The van der Waals surface area contributed by atoms with E-state index in [1.807, 2.05) is 18.2 Å². The summed E-state index contributed by atoms with van der Waals surface area (Å²) in [6, 6.07) is 8.16. The fraction of sp³-hybridized carbons (Fsp3) is 0.500. The molecular weight excluding hydrogens is 260 g/mol. The van der Waals surface area contributed by atoms with Gasteiger partial charge in [0.1, 0.15) is 11.9 Å². The predicted molar refractivity (Wildman–Crippen MR) is 79.7 cm³/mol. The molecule has 1 aliphatic rings. The molecule has 1 aliphatic heterocycles. The van der Waals surface area contributed by atoms with Crippen molar-refractivity contribution in [2.45, 2.75) is 18.9 Å². The lowest BCUT2D eigenvalue weighted by molar-refractivity contribution is 0.195. The van der Waals surface area contributed by atoms with Crippen LogP contribution in [-0.2, 0) is 11.2 Å². The molecule has 104 valence electrons. The first kappa shape index (κ1) is 14.1. The van der Waals surface area contributed by atoms with E-state index in [0.29, 0.717) is 5.11 Å². The Labute approximate surface area is 119 Å². The Bertz CT molecular complexity index is 401. The first-order valence-corrected chi connectivity index (χ1v) is 6.95. The molecule has 1 unspecified atom stereocenters. The highest BCUT2D eigenvalue weighted by Gasteiger charge is 2.21. The molecular formula is C14H20N2O2S. The molecule has 0 aliphatic carbocycles. The molecule has 0 radical (unpaired) electrons. The van der Waals surface area contributed by atoms with E-state index in [1.54, 1.807) is 7.11 Å². The summed E-state index contributed by atoms with van der Waals surface area (Å²) < 4.78 is 10.8. The molecule has 1 aromatic rings. The zero-order chi connectivity index (χ0) is 13.5. The number of hydrogen-bond donors (Lipinski definition) is 2. The van der Waals surface area contributed by atoms with Crippen LogP contribution in [0.5, 0.6) is 5.75 Å². The number of fused-ring (bicyclic) bond motifs is 1. The van der Waals surface area contributed by atoms with E-state index in [2.05, 4.69) is 16.7 Å². The summed E-state index contributed by atoms with van der Waals surface area (Å²) in [7, 11) is 1.70. The molecule has 0 amide bonds. The molecule has 2 N–H and O–H groups in total. The maximum atomic E-state index is 5.83. The lowest BCUT2D eigenvalue weighted by atomic mass is 10.1. The van der Waals surface area contributed by atoms with Crippen LogP contribution in [0.15, 0.2) is 24.3 Å². The van der Waals surface area contributed by atoms with Gasteiger partial charge in [-0.05, 0) is 30.3 Å². The van der Waals surface area contributed by atoms with E-state index in [1.165, 1.54) is 5.56 Å². The van der Waals surface area contributed by atoms with E-state index in [0.717, 1.165) is 38.3 Å². The zero-order valence-electron chi connectivity index (χ0n) is 11.1. The SMILES string of the molecule is COCCCNC(=S)NCC1Cc2ccccc2O1. The zero-order valence-corrected chi connectivity index (χ0v) is 12.0. The lowest BCUT2D eigenvalue weighted by Crippen LogP contribution is -2.41. The van der Waals surface area contributed by atoms with E-state index < -0.39 is 0 Å². The van der Waals surface area contributed by atoms with Crippen LogP contribution >= 0.6 is 12.2 Å².